The number of fused-ring (bicyclic) bond motifs is 1. The van der Waals surface area contributed by atoms with Crippen LogP contribution in [0.4, 0.5) is 10.6 Å². The van der Waals surface area contributed by atoms with Gasteiger partial charge in [-0.15, -0.1) is 11.3 Å². The maximum absolute atomic E-state index is 12.4. The highest BCUT2D eigenvalue weighted by Gasteiger charge is 2.30. The van der Waals surface area contributed by atoms with E-state index in [4.69, 9.17) is 4.52 Å². The minimum atomic E-state index is -0.169. The molecule has 22 heavy (non-hydrogen) atoms. The summed E-state index contributed by atoms with van der Waals surface area (Å²) in [4.78, 5) is 20.1. The van der Waals surface area contributed by atoms with E-state index in [0.717, 1.165) is 36.4 Å². The van der Waals surface area contributed by atoms with E-state index in [-0.39, 0.29) is 12.1 Å². The first-order chi connectivity index (χ1) is 10.6. The van der Waals surface area contributed by atoms with E-state index >= 15 is 0 Å². The summed E-state index contributed by atoms with van der Waals surface area (Å²) >= 11 is 1.73. The Bertz CT molecular complexity index is 679. The topological polar surface area (TPSA) is 71.3 Å². The van der Waals surface area contributed by atoms with Gasteiger partial charge in [0.25, 0.3) is 0 Å². The summed E-state index contributed by atoms with van der Waals surface area (Å²) in [5, 5.41) is 7.73. The number of hydrogen-bond donors (Lipinski definition) is 1. The first-order valence-electron chi connectivity index (χ1n) is 7.54. The van der Waals surface area contributed by atoms with Gasteiger partial charge in [0.2, 0.25) is 0 Å². The van der Waals surface area contributed by atoms with Gasteiger partial charge in [-0.2, -0.15) is 0 Å². The standard InChI is InChI=1S/C15H20N4O2S/c1-4-13-16-10-6-5-7-11(14(10)22-13)19(3)15(20)17-12-8-9(2)21-18-12/h8,11H,4-7H2,1-3H3,(H,17,18,20)/t11-/m1/s1. The monoisotopic (exact) mass is 320 g/mol. The van der Waals surface area contributed by atoms with Crippen molar-refractivity contribution in [1.82, 2.24) is 15.0 Å². The molecule has 0 saturated heterocycles. The lowest BCUT2D eigenvalue weighted by Crippen LogP contribution is -2.36. The molecule has 118 valence electrons. The van der Waals surface area contributed by atoms with Gasteiger partial charge >= 0.3 is 6.03 Å². The second-order valence-corrected chi connectivity index (χ2v) is 6.66. The van der Waals surface area contributed by atoms with Crippen molar-refractivity contribution >= 4 is 23.2 Å². The lowest BCUT2D eigenvalue weighted by atomic mass is 9.97. The van der Waals surface area contributed by atoms with Gasteiger partial charge in [0.05, 0.1) is 21.6 Å². The van der Waals surface area contributed by atoms with Crippen LogP contribution in [0.15, 0.2) is 10.6 Å². The molecule has 0 saturated carbocycles. The van der Waals surface area contributed by atoms with Crippen LogP contribution in [0.2, 0.25) is 0 Å². The summed E-state index contributed by atoms with van der Waals surface area (Å²) in [6.45, 7) is 3.91. The van der Waals surface area contributed by atoms with E-state index in [2.05, 4.69) is 22.4 Å². The molecule has 1 N–H and O–H groups in total. The molecule has 2 heterocycles. The highest BCUT2D eigenvalue weighted by Crippen LogP contribution is 2.37. The number of carbonyl (C=O) groups excluding carboxylic acids is 1. The number of aromatic nitrogens is 2. The largest absolute Gasteiger partial charge is 0.360 e. The fourth-order valence-corrected chi connectivity index (χ4v) is 3.96. The van der Waals surface area contributed by atoms with Crippen LogP contribution in [0.25, 0.3) is 0 Å². The van der Waals surface area contributed by atoms with E-state index < -0.39 is 0 Å². The molecule has 0 aromatic carbocycles. The first-order valence-corrected chi connectivity index (χ1v) is 8.35. The molecule has 0 fully saturated rings. The maximum Gasteiger partial charge on any atom is 0.323 e. The Morgan fingerprint density at radius 3 is 3.09 bits per heavy atom. The number of nitrogens with zero attached hydrogens (tertiary/aromatic N) is 3. The molecule has 0 radical (unpaired) electrons. The number of thiazole rings is 1. The Labute approximate surface area is 133 Å². The lowest BCUT2D eigenvalue weighted by molar-refractivity contribution is 0.198. The molecule has 1 aliphatic rings. The number of amides is 2. The molecule has 0 unspecified atom stereocenters. The number of anilines is 1. The second kappa shape index (κ2) is 6.08. The number of carbonyl (C=O) groups is 1. The molecular formula is C15H20N4O2S. The van der Waals surface area contributed by atoms with Crippen molar-refractivity contribution in [2.45, 2.75) is 45.6 Å². The van der Waals surface area contributed by atoms with Gasteiger partial charge in [-0.3, -0.25) is 5.32 Å². The fraction of sp³-hybridized carbons (Fsp3) is 0.533. The van der Waals surface area contributed by atoms with Crippen LogP contribution >= 0.6 is 11.3 Å². The quantitative estimate of drug-likeness (QED) is 0.939. The van der Waals surface area contributed by atoms with Gasteiger partial charge in [-0.1, -0.05) is 12.1 Å². The summed E-state index contributed by atoms with van der Waals surface area (Å²) in [6.07, 6.45) is 3.99. The second-order valence-electron chi connectivity index (χ2n) is 5.54. The van der Waals surface area contributed by atoms with Crippen molar-refractivity contribution in [3.8, 4) is 0 Å². The van der Waals surface area contributed by atoms with Crippen molar-refractivity contribution in [3.63, 3.8) is 0 Å². The summed E-state index contributed by atoms with van der Waals surface area (Å²) < 4.78 is 4.97. The lowest BCUT2D eigenvalue weighted by Gasteiger charge is -2.30. The Morgan fingerprint density at radius 2 is 2.41 bits per heavy atom. The Balaban J connectivity index is 1.76. The molecule has 0 bridgehead atoms. The summed E-state index contributed by atoms with van der Waals surface area (Å²) in [6, 6.07) is 1.63. The van der Waals surface area contributed by atoms with Crippen molar-refractivity contribution in [2.24, 2.45) is 0 Å². The SMILES string of the molecule is CCc1nc2c(s1)[C@H](N(C)C(=O)Nc1cc(C)on1)CCC2. The Hall–Kier alpha value is -1.89. The van der Waals surface area contributed by atoms with Gasteiger partial charge in [0, 0.05) is 13.1 Å². The van der Waals surface area contributed by atoms with Crippen LogP contribution in [0.1, 0.15) is 47.1 Å². The zero-order chi connectivity index (χ0) is 15.7. The van der Waals surface area contributed by atoms with Gasteiger partial charge in [0.15, 0.2) is 5.82 Å². The van der Waals surface area contributed by atoms with Crippen LogP contribution in [-0.4, -0.2) is 28.1 Å². The summed E-state index contributed by atoms with van der Waals surface area (Å²) in [5.74, 6) is 1.12. The van der Waals surface area contributed by atoms with Crippen LogP contribution in [-0.2, 0) is 12.8 Å². The van der Waals surface area contributed by atoms with E-state index in [0.29, 0.717) is 11.6 Å². The number of rotatable bonds is 3. The number of hydrogen-bond acceptors (Lipinski definition) is 5. The minimum absolute atomic E-state index is 0.0922. The van der Waals surface area contributed by atoms with Crippen molar-refractivity contribution < 1.29 is 9.32 Å². The van der Waals surface area contributed by atoms with Gasteiger partial charge < -0.3 is 9.42 Å². The third-order valence-corrected chi connectivity index (χ3v) is 5.26. The average molecular weight is 320 g/mol. The molecule has 0 aliphatic heterocycles. The van der Waals surface area contributed by atoms with Crippen LogP contribution in [0.3, 0.4) is 0 Å². The van der Waals surface area contributed by atoms with Crippen LogP contribution < -0.4 is 5.32 Å². The number of nitrogens with one attached hydrogen (secondary N) is 1. The molecule has 1 aliphatic carbocycles. The molecule has 6 nitrogen and oxygen atoms in total. The van der Waals surface area contributed by atoms with Gasteiger partial charge in [-0.05, 0) is 32.6 Å². The van der Waals surface area contributed by atoms with E-state index in [1.165, 1.54) is 4.88 Å². The molecule has 2 aromatic rings. The van der Waals surface area contributed by atoms with Crippen molar-refractivity contribution in [3.05, 3.63) is 27.4 Å². The van der Waals surface area contributed by atoms with E-state index in [1.54, 1.807) is 29.2 Å². The van der Waals surface area contributed by atoms with E-state index in [1.807, 2.05) is 7.05 Å². The predicted molar refractivity (Wildman–Crippen MR) is 85.2 cm³/mol. The number of urea groups is 1. The summed E-state index contributed by atoms with van der Waals surface area (Å²) in [5.41, 5.74) is 1.16. The van der Waals surface area contributed by atoms with E-state index in [9.17, 15) is 4.79 Å². The van der Waals surface area contributed by atoms with Crippen LogP contribution in [0, 0.1) is 6.92 Å². The molecule has 3 rings (SSSR count). The average Bonchev–Trinajstić information content (AvgIpc) is 3.11. The zero-order valence-electron chi connectivity index (χ0n) is 13.0. The third kappa shape index (κ3) is 2.85. The fourth-order valence-electron chi connectivity index (χ4n) is 2.73. The smallest absolute Gasteiger partial charge is 0.323 e. The number of aryl methyl sites for hydroxylation is 3. The predicted octanol–water partition coefficient (Wildman–Crippen LogP) is 3.54. The van der Waals surface area contributed by atoms with Crippen LogP contribution in [0.5, 0.6) is 0 Å². The molecule has 2 aromatic heterocycles. The van der Waals surface area contributed by atoms with Crippen molar-refractivity contribution in [1.29, 1.82) is 0 Å². The maximum atomic E-state index is 12.4. The molecule has 7 heteroatoms. The normalized spacial score (nSPS) is 17.1. The Morgan fingerprint density at radius 1 is 1.59 bits per heavy atom. The highest BCUT2D eigenvalue weighted by molar-refractivity contribution is 7.11. The Kier molecular flexibility index (Phi) is 4.15. The molecule has 0 spiro atoms. The highest BCUT2D eigenvalue weighted by atomic mass is 32.1. The zero-order valence-corrected chi connectivity index (χ0v) is 13.9. The minimum Gasteiger partial charge on any atom is -0.360 e. The molecule has 2 amide bonds. The first kappa shape index (κ1) is 15.0. The van der Waals surface area contributed by atoms with Gasteiger partial charge in [-0.25, -0.2) is 9.78 Å². The molecule has 1 atom stereocenters. The van der Waals surface area contributed by atoms with Gasteiger partial charge in [0.1, 0.15) is 5.76 Å². The summed E-state index contributed by atoms with van der Waals surface area (Å²) in [7, 11) is 1.83. The molecular weight excluding hydrogens is 300 g/mol. The third-order valence-electron chi connectivity index (χ3n) is 3.92. The van der Waals surface area contributed by atoms with Crippen molar-refractivity contribution in [2.75, 3.05) is 12.4 Å².